The van der Waals surface area contributed by atoms with Crippen molar-refractivity contribution in [3.8, 4) is 11.1 Å². The minimum atomic E-state index is -2.98. The maximum atomic E-state index is 13.4. The molecule has 5 rings (SSSR count). The van der Waals surface area contributed by atoms with E-state index in [0.717, 1.165) is 28.0 Å². The quantitative estimate of drug-likeness (QED) is 0.201. The Kier molecular flexibility index (Phi) is 7.51. The molecule has 0 radical (unpaired) electrons. The molecule has 11 heteroatoms. The predicted octanol–water partition coefficient (Wildman–Crippen LogP) is 6.42. The highest BCUT2D eigenvalue weighted by molar-refractivity contribution is 8.00. The molecule has 0 aliphatic heterocycles. The van der Waals surface area contributed by atoms with E-state index in [4.69, 9.17) is 23.2 Å². The second-order valence-electron chi connectivity index (χ2n) is 8.79. The molecular weight excluding hydrogens is 577 g/mol. The first kappa shape index (κ1) is 27.0. The van der Waals surface area contributed by atoms with Crippen LogP contribution in [0, 0.1) is 0 Å². The van der Waals surface area contributed by atoms with Crippen molar-refractivity contribution in [2.75, 3.05) is 4.72 Å². The van der Waals surface area contributed by atoms with Gasteiger partial charge in [-0.25, -0.2) is 14.0 Å². The highest BCUT2D eigenvalue weighted by atomic mass is 35.5. The maximum Gasteiger partial charge on any atom is 0.341 e. The van der Waals surface area contributed by atoms with Crippen LogP contribution >= 0.6 is 34.5 Å². The Hall–Kier alpha value is -3.63. The Bertz CT molecular complexity index is 1880. The number of carboxylic acid groups (broad SMARTS) is 1. The molecule has 0 amide bonds. The number of fused-ring (bicyclic) bond motifs is 1. The van der Waals surface area contributed by atoms with Crippen molar-refractivity contribution in [1.29, 1.82) is 0 Å². The van der Waals surface area contributed by atoms with Gasteiger partial charge in [-0.15, -0.1) is 0 Å². The van der Waals surface area contributed by atoms with Crippen molar-refractivity contribution in [2.45, 2.75) is 12.3 Å². The first-order valence-electron chi connectivity index (χ1n) is 11.6. The molecule has 2 N–H and O–H groups in total. The number of benzene rings is 3. The Morgan fingerprint density at radius 2 is 1.77 bits per heavy atom. The summed E-state index contributed by atoms with van der Waals surface area (Å²) in [4.78, 5) is 29.7. The fourth-order valence-electron chi connectivity index (χ4n) is 4.19. The summed E-state index contributed by atoms with van der Waals surface area (Å²) in [6, 6.07) is 22.5. The van der Waals surface area contributed by atoms with Crippen LogP contribution in [0.25, 0.3) is 21.5 Å². The van der Waals surface area contributed by atoms with Gasteiger partial charge in [0.15, 0.2) is 5.13 Å². The Labute approximate surface area is 238 Å². The molecule has 7 nitrogen and oxygen atoms in total. The summed E-state index contributed by atoms with van der Waals surface area (Å²) in [6.07, 6.45) is 1.33. The fourth-order valence-corrected chi connectivity index (χ4v) is 7.35. The molecular formula is C28H21Cl2N3O4S2. The van der Waals surface area contributed by atoms with Gasteiger partial charge in [-0.05, 0) is 40.3 Å². The van der Waals surface area contributed by atoms with Gasteiger partial charge in [0.25, 0.3) is 0 Å². The molecule has 198 valence electrons. The smallest absolute Gasteiger partial charge is 0.341 e. The lowest BCUT2D eigenvalue weighted by atomic mass is 9.99. The lowest BCUT2D eigenvalue weighted by Gasteiger charge is -2.13. The Morgan fingerprint density at radius 1 is 1.05 bits per heavy atom. The van der Waals surface area contributed by atoms with Crippen molar-refractivity contribution in [2.24, 2.45) is 0 Å². The molecule has 39 heavy (non-hydrogen) atoms. The lowest BCUT2D eigenvalue weighted by Crippen LogP contribution is -2.19. The molecule has 2 heterocycles. The first-order valence-corrected chi connectivity index (χ1v) is 15.1. The van der Waals surface area contributed by atoms with Crippen molar-refractivity contribution in [3.63, 3.8) is 0 Å². The van der Waals surface area contributed by atoms with Crippen LogP contribution < -0.4 is 10.2 Å². The third-order valence-electron chi connectivity index (χ3n) is 5.97. The summed E-state index contributed by atoms with van der Waals surface area (Å²) < 4.78 is 17.9. The molecule has 5 aromatic rings. The number of aromatic nitrogens is 2. The number of hydrogen-bond acceptors (Lipinski definition) is 5. The molecule has 1 unspecified atom stereocenters. The van der Waals surface area contributed by atoms with Crippen LogP contribution in [0.1, 0.15) is 21.5 Å². The van der Waals surface area contributed by atoms with Gasteiger partial charge in [0.05, 0.1) is 15.5 Å². The van der Waals surface area contributed by atoms with Crippen LogP contribution in [0.5, 0.6) is 0 Å². The summed E-state index contributed by atoms with van der Waals surface area (Å²) in [6.45, 7) is 0.282. The van der Waals surface area contributed by atoms with E-state index in [2.05, 4.69) is 15.6 Å². The molecule has 2 aromatic heterocycles. The predicted molar refractivity (Wildman–Crippen MR) is 161 cm³/mol. The van der Waals surface area contributed by atoms with Crippen molar-refractivity contribution in [3.05, 3.63) is 116 Å². The molecule has 1 atom stereocenters. The monoisotopic (exact) mass is 597 g/mol. The molecule has 0 saturated heterocycles. The number of aromatic carboxylic acids is 1. The average Bonchev–Trinajstić information content (AvgIpc) is 3.31. The van der Waals surface area contributed by atoms with E-state index in [0.29, 0.717) is 20.4 Å². The minimum Gasteiger partial charge on any atom is -0.477 e. The standard InChI is InChI=1S/C28H21Cl2N3O4S2/c1-39(37,16-19-11-12-20(29)13-23(19)30)32-28-31-24-25(34)22(27(35)36)15-33(26(24)38-28)14-18-9-5-6-10-21(18)17-7-3-2-4-8-17/h2-13,15H,1,14,16H2,(H,35,36)(H,31,32,37). The maximum absolute atomic E-state index is 13.4. The van der Waals surface area contributed by atoms with Crippen molar-refractivity contribution >= 4 is 71.6 Å². The first-order chi connectivity index (χ1) is 18.6. The van der Waals surface area contributed by atoms with Crippen LogP contribution in [0.2, 0.25) is 10.0 Å². The zero-order valence-electron chi connectivity index (χ0n) is 20.3. The fraction of sp³-hybridized carbons (Fsp3) is 0.0714. The third kappa shape index (κ3) is 5.86. The van der Waals surface area contributed by atoms with Crippen LogP contribution in [-0.4, -0.2) is 30.7 Å². The van der Waals surface area contributed by atoms with E-state index in [1.165, 1.54) is 6.20 Å². The van der Waals surface area contributed by atoms with Gasteiger partial charge in [0.2, 0.25) is 5.43 Å². The number of thiazole rings is 1. The van der Waals surface area contributed by atoms with E-state index < -0.39 is 26.7 Å². The van der Waals surface area contributed by atoms with Crippen LogP contribution in [0.3, 0.4) is 0 Å². The van der Waals surface area contributed by atoms with E-state index in [1.54, 1.807) is 22.8 Å². The largest absolute Gasteiger partial charge is 0.477 e. The van der Waals surface area contributed by atoms with Crippen LogP contribution in [0.4, 0.5) is 5.13 Å². The molecule has 0 bridgehead atoms. The van der Waals surface area contributed by atoms with Gasteiger partial charge >= 0.3 is 5.97 Å². The van der Waals surface area contributed by atoms with Gasteiger partial charge in [-0.1, -0.05) is 95.2 Å². The number of carboxylic acids is 1. The summed E-state index contributed by atoms with van der Waals surface area (Å²) in [5.74, 6) is 2.45. The number of rotatable bonds is 8. The summed E-state index contributed by atoms with van der Waals surface area (Å²) in [7, 11) is -2.98. The Morgan fingerprint density at radius 3 is 2.49 bits per heavy atom. The van der Waals surface area contributed by atoms with E-state index >= 15 is 0 Å². The van der Waals surface area contributed by atoms with Crippen molar-refractivity contribution < 1.29 is 14.1 Å². The highest BCUT2D eigenvalue weighted by Gasteiger charge is 2.21. The van der Waals surface area contributed by atoms with Crippen molar-refractivity contribution in [1.82, 2.24) is 9.55 Å². The number of hydrogen-bond donors (Lipinski definition) is 2. The summed E-state index contributed by atoms with van der Waals surface area (Å²) >= 11 is 13.3. The van der Waals surface area contributed by atoms with Gasteiger partial charge in [0, 0.05) is 22.8 Å². The van der Waals surface area contributed by atoms with Gasteiger partial charge in [-0.2, -0.15) is 0 Å². The summed E-state index contributed by atoms with van der Waals surface area (Å²) in [5.41, 5.74) is 2.34. The number of pyridine rings is 1. The molecule has 0 aliphatic carbocycles. The lowest BCUT2D eigenvalue weighted by molar-refractivity contribution is 0.0695. The van der Waals surface area contributed by atoms with Gasteiger partial charge in [-0.3, -0.25) is 9.52 Å². The molecule has 0 spiro atoms. The number of nitrogens with zero attached hydrogens (tertiary/aromatic N) is 2. The molecule has 3 aromatic carbocycles. The van der Waals surface area contributed by atoms with Crippen LogP contribution in [-0.2, 0) is 22.0 Å². The van der Waals surface area contributed by atoms with E-state index in [-0.39, 0.29) is 22.9 Å². The summed E-state index contributed by atoms with van der Waals surface area (Å²) in [5, 5.41) is 10.7. The molecule has 0 saturated carbocycles. The second-order valence-corrected chi connectivity index (χ2v) is 12.7. The number of halogens is 2. The Balaban J connectivity index is 1.55. The average molecular weight is 599 g/mol. The zero-order valence-corrected chi connectivity index (χ0v) is 23.4. The normalized spacial score (nSPS) is 12.8. The third-order valence-corrected chi connectivity index (χ3v) is 9.03. The number of carbonyl (C=O) groups is 1. The van der Waals surface area contributed by atoms with Gasteiger partial charge in [0.1, 0.15) is 15.9 Å². The van der Waals surface area contributed by atoms with Crippen LogP contribution in [0.15, 0.2) is 83.8 Å². The van der Waals surface area contributed by atoms with Gasteiger partial charge < -0.3 is 9.67 Å². The molecule has 0 fully saturated rings. The number of anilines is 1. The van der Waals surface area contributed by atoms with E-state index in [1.807, 2.05) is 54.6 Å². The highest BCUT2D eigenvalue weighted by Crippen LogP contribution is 2.30. The molecule has 0 aliphatic rings. The number of nitrogens with one attached hydrogen (secondary N) is 1. The zero-order chi connectivity index (χ0) is 27.7. The van der Waals surface area contributed by atoms with E-state index in [9.17, 15) is 18.9 Å². The second kappa shape index (κ2) is 10.9. The topological polar surface area (TPSA) is 101 Å². The SMILES string of the molecule is C=S(=O)(Cc1ccc(Cl)cc1Cl)Nc1nc2c(=O)c(C(=O)O)cn(Cc3ccccc3-c3ccccc3)c2s1. The minimum absolute atomic E-state index is 0.00597.